The molecule has 1 fully saturated rings. The number of esters is 2. The average molecular weight is 533 g/mol. The van der Waals surface area contributed by atoms with Gasteiger partial charge in [-0.1, -0.05) is 12.1 Å². The Morgan fingerprint density at radius 2 is 1.94 bits per heavy atom. The van der Waals surface area contributed by atoms with Gasteiger partial charge in [0.2, 0.25) is 0 Å². The van der Waals surface area contributed by atoms with Crippen molar-refractivity contribution in [2.45, 2.75) is 6.92 Å². The zero-order valence-corrected chi connectivity index (χ0v) is 20.6. The van der Waals surface area contributed by atoms with E-state index < -0.39 is 11.9 Å². The van der Waals surface area contributed by atoms with E-state index in [1.165, 1.54) is 26.0 Å². The number of carbonyl (C=O) groups is 3. The molecule has 33 heavy (non-hydrogen) atoms. The molecule has 1 amide bonds. The molecule has 10 heteroatoms. The first-order valence-corrected chi connectivity index (χ1v) is 11.4. The molecule has 0 unspecified atom stereocenters. The van der Waals surface area contributed by atoms with E-state index in [1.807, 2.05) is 6.92 Å². The fourth-order valence-corrected chi connectivity index (χ4v) is 4.45. The van der Waals surface area contributed by atoms with Crippen LogP contribution in [0.25, 0.3) is 6.08 Å². The summed E-state index contributed by atoms with van der Waals surface area (Å²) in [6.45, 7) is 2.11. The molecule has 2 aromatic carbocycles. The van der Waals surface area contributed by atoms with Crippen molar-refractivity contribution in [3.63, 3.8) is 0 Å². The predicted octanol–water partition coefficient (Wildman–Crippen LogP) is 4.41. The van der Waals surface area contributed by atoms with E-state index in [9.17, 15) is 14.4 Å². The summed E-state index contributed by atoms with van der Waals surface area (Å²) in [4.78, 5) is 42.6. The fraction of sp³-hybridized carbons (Fsp3) is 0.217. The van der Waals surface area contributed by atoms with Crippen molar-refractivity contribution in [3.8, 4) is 5.75 Å². The SMILES string of the molecule is CCN1C(=O)C(=Cc2ccc(OCC(=O)OC)c(Br)c2)SC1=Nc1cccc(C(=O)OC)c1. The second kappa shape index (κ2) is 11.2. The van der Waals surface area contributed by atoms with Crippen LogP contribution in [0.5, 0.6) is 5.75 Å². The largest absolute Gasteiger partial charge is 0.481 e. The van der Waals surface area contributed by atoms with Crippen LogP contribution < -0.4 is 4.74 Å². The number of amides is 1. The van der Waals surface area contributed by atoms with Crippen LogP contribution in [0.1, 0.15) is 22.8 Å². The Balaban J connectivity index is 1.83. The normalized spacial score (nSPS) is 15.8. The first-order chi connectivity index (χ1) is 15.9. The highest BCUT2D eigenvalue weighted by molar-refractivity contribution is 9.10. The van der Waals surface area contributed by atoms with E-state index >= 15 is 0 Å². The average Bonchev–Trinajstić information content (AvgIpc) is 3.11. The molecule has 3 rings (SSSR count). The molecule has 0 N–H and O–H groups in total. The number of aliphatic imine (C=N–C) groups is 1. The number of methoxy groups -OCH3 is 2. The first-order valence-electron chi connectivity index (χ1n) is 9.84. The number of hydrogen-bond acceptors (Lipinski definition) is 8. The Labute approximate surface area is 203 Å². The van der Waals surface area contributed by atoms with Gasteiger partial charge in [0, 0.05) is 6.54 Å². The lowest BCUT2D eigenvalue weighted by molar-refractivity contribution is -0.142. The molecule has 1 saturated heterocycles. The minimum Gasteiger partial charge on any atom is -0.481 e. The highest BCUT2D eigenvalue weighted by Crippen LogP contribution is 2.35. The number of thioether (sulfide) groups is 1. The van der Waals surface area contributed by atoms with Gasteiger partial charge >= 0.3 is 11.9 Å². The summed E-state index contributed by atoms with van der Waals surface area (Å²) in [5, 5.41) is 0.521. The topological polar surface area (TPSA) is 94.5 Å². The summed E-state index contributed by atoms with van der Waals surface area (Å²) in [6, 6.07) is 12.0. The van der Waals surface area contributed by atoms with E-state index in [0.717, 1.165) is 5.56 Å². The second-order valence-corrected chi connectivity index (χ2v) is 8.51. The van der Waals surface area contributed by atoms with Gasteiger partial charge in [-0.2, -0.15) is 0 Å². The maximum atomic E-state index is 12.9. The monoisotopic (exact) mass is 532 g/mol. The van der Waals surface area contributed by atoms with Crippen LogP contribution in [0.15, 0.2) is 56.8 Å². The minimum absolute atomic E-state index is 0.160. The van der Waals surface area contributed by atoms with Crippen LogP contribution in [0.4, 0.5) is 5.69 Å². The van der Waals surface area contributed by atoms with Gasteiger partial charge in [0.05, 0.1) is 34.8 Å². The fourth-order valence-electron chi connectivity index (χ4n) is 2.87. The van der Waals surface area contributed by atoms with Crippen LogP contribution in [0, 0.1) is 0 Å². The smallest absolute Gasteiger partial charge is 0.343 e. The van der Waals surface area contributed by atoms with Crippen molar-refractivity contribution in [1.82, 2.24) is 4.90 Å². The Kier molecular flexibility index (Phi) is 8.29. The van der Waals surface area contributed by atoms with Gasteiger partial charge in [-0.15, -0.1) is 0 Å². The molecule has 0 saturated carbocycles. The van der Waals surface area contributed by atoms with Gasteiger partial charge in [0.1, 0.15) is 5.75 Å². The number of rotatable bonds is 7. The predicted molar refractivity (Wildman–Crippen MR) is 129 cm³/mol. The Morgan fingerprint density at radius 1 is 1.15 bits per heavy atom. The number of halogens is 1. The van der Waals surface area contributed by atoms with Gasteiger partial charge in [0.25, 0.3) is 5.91 Å². The lowest BCUT2D eigenvalue weighted by atomic mass is 10.2. The molecule has 1 aliphatic rings. The number of nitrogens with zero attached hydrogens (tertiary/aromatic N) is 2. The van der Waals surface area contributed by atoms with E-state index in [-0.39, 0.29) is 12.5 Å². The van der Waals surface area contributed by atoms with E-state index in [2.05, 4.69) is 25.7 Å². The molecule has 0 spiro atoms. The van der Waals surface area contributed by atoms with Crippen LogP contribution in [0.2, 0.25) is 0 Å². The van der Waals surface area contributed by atoms with E-state index in [1.54, 1.807) is 53.4 Å². The van der Waals surface area contributed by atoms with Crippen molar-refractivity contribution < 1.29 is 28.6 Å². The number of ether oxygens (including phenoxy) is 3. The number of carbonyl (C=O) groups excluding carboxylic acids is 3. The van der Waals surface area contributed by atoms with Crippen molar-refractivity contribution in [2.75, 3.05) is 27.4 Å². The summed E-state index contributed by atoms with van der Waals surface area (Å²) in [6.07, 6.45) is 1.76. The number of hydrogen-bond donors (Lipinski definition) is 0. The molecule has 172 valence electrons. The zero-order chi connectivity index (χ0) is 24.0. The third-order valence-electron chi connectivity index (χ3n) is 4.52. The first kappa shape index (κ1) is 24.5. The van der Waals surface area contributed by atoms with Crippen molar-refractivity contribution in [1.29, 1.82) is 0 Å². The summed E-state index contributed by atoms with van der Waals surface area (Å²) >= 11 is 4.67. The maximum Gasteiger partial charge on any atom is 0.343 e. The zero-order valence-electron chi connectivity index (χ0n) is 18.2. The highest BCUT2D eigenvalue weighted by Gasteiger charge is 2.32. The number of benzene rings is 2. The van der Waals surface area contributed by atoms with E-state index in [0.29, 0.717) is 38.1 Å². The second-order valence-electron chi connectivity index (χ2n) is 6.65. The maximum absolute atomic E-state index is 12.9. The molecule has 1 heterocycles. The van der Waals surface area contributed by atoms with Crippen LogP contribution in [-0.2, 0) is 19.1 Å². The third-order valence-corrected chi connectivity index (χ3v) is 6.15. The summed E-state index contributed by atoms with van der Waals surface area (Å²) in [5.41, 5.74) is 1.70. The molecule has 1 aliphatic heterocycles. The van der Waals surface area contributed by atoms with Crippen molar-refractivity contribution in [3.05, 3.63) is 63.0 Å². The minimum atomic E-state index is -0.482. The molecule has 0 radical (unpaired) electrons. The Bertz CT molecular complexity index is 1150. The lowest BCUT2D eigenvalue weighted by Gasteiger charge is -2.12. The third kappa shape index (κ3) is 6.02. The van der Waals surface area contributed by atoms with Gasteiger partial charge in [0.15, 0.2) is 11.8 Å². The molecule has 0 aromatic heterocycles. The molecule has 2 aromatic rings. The summed E-state index contributed by atoms with van der Waals surface area (Å²) in [7, 11) is 2.61. The van der Waals surface area contributed by atoms with Crippen LogP contribution >= 0.6 is 27.7 Å². The summed E-state index contributed by atoms with van der Waals surface area (Å²) < 4.78 is 15.4. The molecule has 8 nitrogen and oxygen atoms in total. The molecule has 0 aliphatic carbocycles. The van der Waals surface area contributed by atoms with Gasteiger partial charge in [-0.05, 0) is 76.6 Å². The van der Waals surface area contributed by atoms with Crippen LogP contribution in [0.3, 0.4) is 0 Å². The van der Waals surface area contributed by atoms with Crippen LogP contribution in [-0.4, -0.2) is 55.3 Å². The number of amidine groups is 1. The molecular weight excluding hydrogens is 512 g/mol. The van der Waals surface area contributed by atoms with Gasteiger partial charge in [-0.3, -0.25) is 9.69 Å². The van der Waals surface area contributed by atoms with Crippen molar-refractivity contribution in [2.24, 2.45) is 4.99 Å². The summed E-state index contributed by atoms with van der Waals surface area (Å²) in [5.74, 6) is -0.613. The van der Waals surface area contributed by atoms with E-state index in [4.69, 9.17) is 9.47 Å². The molecule has 0 atom stereocenters. The van der Waals surface area contributed by atoms with Gasteiger partial charge < -0.3 is 14.2 Å². The lowest BCUT2D eigenvalue weighted by Crippen LogP contribution is -2.28. The van der Waals surface area contributed by atoms with Crippen molar-refractivity contribution >= 4 is 62.5 Å². The highest BCUT2D eigenvalue weighted by atomic mass is 79.9. The number of likely N-dealkylation sites (N-methyl/N-ethyl adjacent to an activating group) is 1. The Hall–Kier alpha value is -3.11. The standard InChI is InChI=1S/C23H21BrN2O6S/c1-4-26-21(28)19(11-14-8-9-18(17(24)10-14)32-13-20(27)30-2)33-23(26)25-16-7-5-6-15(12-16)22(29)31-3/h5-12H,4,13H2,1-3H3. The molecular formula is C23H21BrN2O6S. The van der Waals surface area contributed by atoms with Gasteiger partial charge in [-0.25, -0.2) is 14.6 Å². The Morgan fingerprint density at radius 3 is 2.61 bits per heavy atom. The molecule has 0 bridgehead atoms. The quantitative estimate of drug-likeness (QED) is 0.385.